The fraction of sp³-hybridized carbons (Fsp3) is 0.360. The lowest BCUT2D eigenvalue weighted by Gasteiger charge is -2.38. The van der Waals surface area contributed by atoms with Crippen LogP contribution in [0.3, 0.4) is 0 Å². The van der Waals surface area contributed by atoms with Gasteiger partial charge in [-0.2, -0.15) is 0 Å². The fourth-order valence-corrected chi connectivity index (χ4v) is 5.08. The molecule has 1 aliphatic carbocycles. The zero-order chi connectivity index (χ0) is 24.9. The Bertz CT molecular complexity index is 1200. The molecule has 1 heterocycles. The Balaban J connectivity index is 1.61. The molecule has 3 aromatic rings. The van der Waals surface area contributed by atoms with Gasteiger partial charge in [0, 0.05) is 34.9 Å². The number of nitrogens with zero attached hydrogens (tertiary/aromatic N) is 3. The number of aromatic nitrogens is 2. The first-order chi connectivity index (χ1) is 16.9. The van der Waals surface area contributed by atoms with Crippen LogP contribution in [-0.4, -0.2) is 45.5 Å². The van der Waals surface area contributed by atoms with Gasteiger partial charge >= 0.3 is 0 Å². The number of anilines is 1. The molecule has 3 N–H and O–H groups in total. The minimum Gasteiger partial charge on any atom is -0.497 e. The summed E-state index contributed by atoms with van der Waals surface area (Å²) in [7, 11) is 1.59. The molecule has 1 aromatic heterocycles. The van der Waals surface area contributed by atoms with Crippen molar-refractivity contribution in [1.29, 1.82) is 0 Å². The lowest BCUT2D eigenvalue weighted by atomic mass is 9.89. The molecule has 0 aliphatic heterocycles. The number of nitrogens with one attached hydrogen (secondary N) is 1. The van der Waals surface area contributed by atoms with Gasteiger partial charge in [0.2, 0.25) is 0 Å². The summed E-state index contributed by atoms with van der Waals surface area (Å²) in [5.41, 5.74) is 8.91. The molecule has 2 unspecified atom stereocenters. The quantitative estimate of drug-likeness (QED) is 0.475. The van der Waals surface area contributed by atoms with Crippen molar-refractivity contribution < 1.29 is 14.3 Å². The monoisotopic (exact) mass is 513 g/mol. The second kappa shape index (κ2) is 11.2. The highest BCUT2D eigenvalue weighted by molar-refractivity contribution is 7.08. The lowest BCUT2D eigenvalue weighted by molar-refractivity contribution is 0.0583. The van der Waals surface area contributed by atoms with Crippen LogP contribution in [0.25, 0.3) is 0 Å². The molecule has 1 aliphatic rings. The minimum absolute atomic E-state index is 0.112. The van der Waals surface area contributed by atoms with Gasteiger partial charge in [0.25, 0.3) is 11.8 Å². The van der Waals surface area contributed by atoms with Gasteiger partial charge in [0.15, 0.2) is 0 Å². The third-order valence-corrected chi connectivity index (χ3v) is 7.48. The normalized spacial score (nSPS) is 17.6. The molecule has 1 saturated carbocycles. The largest absolute Gasteiger partial charge is 0.497 e. The summed E-state index contributed by atoms with van der Waals surface area (Å²) in [5.74, 6) is 0.276. The molecule has 35 heavy (non-hydrogen) atoms. The summed E-state index contributed by atoms with van der Waals surface area (Å²) in [6.07, 6.45) is 3.76. The van der Waals surface area contributed by atoms with Crippen LogP contribution in [0.1, 0.15) is 57.0 Å². The smallest absolute Gasteiger partial charge is 0.269 e. The second-order valence-corrected chi connectivity index (χ2v) is 9.79. The van der Waals surface area contributed by atoms with Crippen molar-refractivity contribution in [3.8, 4) is 5.75 Å². The van der Waals surface area contributed by atoms with Crippen LogP contribution in [-0.2, 0) is 6.54 Å². The van der Waals surface area contributed by atoms with E-state index in [0.29, 0.717) is 32.6 Å². The summed E-state index contributed by atoms with van der Waals surface area (Å²) in [5, 5.41) is 7.28. The third kappa shape index (κ3) is 5.80. The first kappa shape index (κ1) is 25.1. The van der Waals surface area contributed by atoms with Crippen LogP contribution >= 0.6 is 23.1 Å². The van der Waals surface area contributed by atoms with Crippen molar-refractivity contribution in [3.05, 3.63) is 69.2 Å². The van der Waals surface area contributed by atoms with Gasteiger partial charge in [-0.15, -0.1) is 5.10 Å². The van der Waals surface area contributed by atoms with E-state index >= 15 is 0 Å². The standard InChI is InChI=1S/C25H28ClN5O3S/c1-15-23(35-30-29-15)24(32)28-18-9-12-20(26)17(13-18)14-31(22-6-4-3-5-21(22)27)25(33)16-7-10-19(34-2)11-8-16/h7-13,21-22H,3-6,14,27H2,1-2H3,(H,28,32). The Morgan fingerprint density at radius 3 is 2.60 bits per heavy atom. The van der Waals surface area contributed by atoms with E-state index in [4.69, 9.17) is 22.1 Å². The van der Waals surface area contributed by atoms with E-state index in [0.717, 1.165) is 42.8 Å². The summed E-state index contributed by atoms with van der Waals surface area (Å²) < 4.78 is 9.05. The van der Waals surface area contributed by atoms with E-state index in [9.17, 15) is 9.59 Å². The average molecular weight is 514 g/mol. The zero-order valence-corrected chi connectivity index (χ0v) is 21.2. The molecule has 0 bridgehead atoms. The number of methoxy groups -OCH3 is 1. The molecule has 0 radical (unpaired) electrons. The molecule has 0 spiro atoms. The Morgan fingerprint density at radius 2 is 1.94 bits per heavy atom. The van der Waals surface area contributed by atoms with Gasteiger partial charge in [-0.3, -0.25) is 9.59 Å². The molecule has 2 aromatic carbocycles. The summed E-state index contributed by atoms with van der Waals surface area (Å²) in [6, 6.07) is 12.1. The Kier molecular flexibility index (Phi) is 8.00. The number of hydrogen-bond donors (Lipinski definition) is 2. The number of rotatable bonds is 7. The van der Waals surface area contributed by atoms with Gasteiger partial charge < -0.3 is 20.7 Å². The van der Waals surface area contributed by atoms with Gasteiger partial charge in [0.1, 0.15) is 10.6 Å². The summed E-state index contributed by atoms with van der Waals surface area (Å²) in [6.45, 7) is 2.01. The molecule has 0 saturated heterocycles. The molecule has 2 atom stereocenters. The van der Waals surface area contributed by atoms with Crippen LogP contribution in [0.4, 0.5) is 5.69 Å². The molecule has 1 fully saturated rings. The topological polar surface area (TPSA) is 110 Å². The highest BCUT2D eigenvalue weighted by atomic mass is 35.5. The van der Waals surface area contributed by atoms with E-state index in [1.54, 1.807) is 56.5 Å². The molecular formula is C25H28ClN5O3S. The predicted octanol–water partition coefficient (Wildman–Crippen LogP) is 4.67. The Hall–Kier alpha value is -3.01. The fourth-order valence-electron chi connectivity index (χ4n) is 4.35. The molecule has 2 amide bonds. The molecule has 4 rings (SSSR count). The number of ether oxygens (including phenoxy) is 1. The van der Waals surface area contributed by atoms with E-state index < -0.39 is 0 Å². The van der Waals surface area contributed by atoms with Gasteiger partial charge in [-0.05, 0) is 79.3 Å². The predicted molar refractivity (Wildman–Crippen MR) is 137 cm³/mol. The van der Waals surface area contributed by atoms with Crippen molar-refractivity contribution >= 4 is 40.6 Å². The van der Waals surface area contributed by atoms with E-state index in [2.05, 4.69) is 14.9 Å². The number of halogens is 1. The average Bonchev–Trinajstić information content (AvgIpc) is 3.30. The number of hydrogen-bond acceptors (Lipinski definition) is 7. The van der Waals surface area contributed by atoms with Gasteiger partial charge in [-0.25, -0.2) is 0 Å². The van der Waals surface area contributed by atoms with E-state index in [1.807, 2.05) is 4.90 Å². The SMILES string of the molecule is COc1ccc(C(=O)N(Cc2cc(NC(=O)c3snnc3C)ccc2Cl)C2CCCCC2N)cc1. The Morgan fingerprint density at radius 1 is 1.20 bits per heavy atom. The van der Waals surface area contributed by atoms with Crippen LogP contribution in [0.15, 0.2) is 42.5 Å². The van der Waals surface area contributed by atoms with Crippen LogP contribution in [0.5, 0.6) is 5.75 Å². The van der Waals surface area contributed by atoms with Crippen molar-refractivity contribution in [3.63, 3.8) is 0 Å². The molecule has 8 nitrogen and oxygen atoms in total. The molecular weight excluding hydrogens is 486 g/mol. The van der Waals surface area contributed by atoms with E-state index in [-0.39, 0.29) is 30.4 Å². The highest BCUT2D eigenvalue weighted by Gasteiger charge is 2.32. The number of amides is 2. The maximum atomic E-state index is 13.7. The number of aryl methyl sites for hydroxylation is 1. The lowest BCUT2D eigenvalue weighted by Crippen LogP contribution is -2.51. The number of nitrogens with two attached hydrogens (primary N) is 1. The second-order valence-electron chi connectivity index (χ2n) is 8.62. The third-order valence-electron chi connectivity index (χ3n) is 6.28. The maximum Gasteiger partial charge on any atom is 0.269 e. The maximum absolute atomic E-state index is 13.7. The number of carbonyl (C=O) groups is 2. The Labute approximate surface area is 213 Å². The van der Waals surface area contributed by atoms with Gasteiger partial charge in [-0.1, -0.05) is 28.9 Å². The van der Waals surface area contributed by atoms with E-state index in [1.165, 1.54) is 0 Å². The zero-order valence-electron chi connectivity index (χ0n) is 19.7. The summed E-state index contributed by atoms with van der Waals surface area (Å²) >= 11 is 7.59. The van der Waals surface area contributed by atoms with Crippen molar-refractivity contribution in [1.82, 2.24) is 14.5 Å². The van der Waals surface area contributed by atoms with Crippen LogP contribution in [0, 0.1) is 6.92 Å². The van der Waals surface area contributed by atoms with Crippen LogP contribution in [0.2, 0.25) is 5.02 Å². The molecule has 184 valence electrons. The first-order valence-electron chi connectivity index (χ1n) is 11.5. The molecule has 10 heteroatoms. The highest BCUT2D eigenvalue weighted by Crippen LogP contribution is 2.29. The van der Waals surface area contributed by atoms with Crippen molar-refractivity contribution in [2.45, 2.75) is 51.2 Å². The van der Waals surface area contributed by atoms with Crippen molar-refractivity contribution in [2.75, 3.05) is 12.4 Å². The first-order valence-corrected chi connectivity index (χ1v) is 12.6. The van der Waals surface area contributed by atoms with Crippen LogP contribution < -0.4 is 15.8 Å². The van der Waals surface area contributed by atoms with Crippen molar-refractivity contribution in [2.24, 2.45) is 5.73 Å². The number of carbonyl (C=O) groups excluding carboxylic acids is 2. The summed E-state index contributed by atoms with van der Waals surface area (Å²) in [4.78, 5) is 28.6. The number of benzene rings is 2. The van der Waals surface area contributed by atoms with Gasteiger partial charge in [0.05, 0.1) is 12.8 Å². The minimum atomic E-state index is -0.286.